The van der Waals surface area contributed by atoms with E-state index in [9.17, 15) is 14.4 Å². The zero-order valence-corrected chi connectivity index (χ0v) is 19.4. The fourth-order valence-electron chi connectivity index (χ4n) is 3.92. The van der Waals surface area contributed by atoms with Gasteiger partial charge in [-0.25, -0.2) is 4.98 Å². The predicted molar refractivity (Wildman–Crippen MR) is 128 cm³/mol. The number of benzene rings is 2. The molecule has 176 valence electrons. The second-order valence-corrected chi connectivity index (χ2v) is 8.33. The van der Waals surface area contributed by atoms with Crippen molar-refractivity contribution in [2.24, 2.45) is 0 Å². The molecule has 1 aliphatic rings. The first-order chi connectivity index (χ1) is 16.4. The molecule has 1 fully saturated rings. The Bertz CT molecular complexity index is 1180. The number of hydrogen-bond acceptors (Lipinski definition) is 5. The van der Waals surface area contributed by atoms with Crippen LogP contribution in [0.5, 0.6) is 0 Å². The molecule has 3 amide bonds. The summed E-state index contributed by atoms with van der Waals surface area (Å²) in [6, 6.07) is 15.0. The monoisotopic (exact) mass is 460 g/mol. The number of carbonyl (C=O) groups is 3. The summed E-state index contributed by atoms with van der Waals surface area (Å²) < 4.78 is 5.95. The van der Waals surface area contributed by atoms with Gasteiger partial charge in [-0.1, -0.05) is 42.0 Å². The molecule has 0 bridgehead atoms. The molecule has 0 saturated carbocycles. The van der Waals surface area contributed by atoms with Crippen LogP contribution in [-0.4, -0.2) is 65.2 Å². The third-order valence-electron chi connectivity index (χ3n) is 5.95. The van der Waals surface area contributed by atoms with E-state index >= 15 is 0 Å². The van der Waals surface area contributed by atoms with Crippen molar-refractivity contribution >= 4 is 17.7 Å². The van der Waals surface area contributed by atoms with Crippen LogP contribution < -0.4 is 5.32 Å². The Hall–Kier alpha value is -3.94. The summed E-state index contributed by atoms with van der Waals surface area (Å²) in [5.41, 5.74) is 3.09. The highest BCUT2D eigenvalue weighted by atomic mass is 16.4. The standard InChI is InChI=1S/C26H28N4O4/c1-18-7-9-20(10-8-18)23-17-28-26(34-23)22-6-4-3-5-21(22)25(33)27-12-11-24(32)30-15-13-29(14-16-30)19(2)31/h3-10,17H,11-16H2,1-2H3,(H,27,33). The van der Waals surface area contributed by atoms with Gasteiger partial charge in [0.2, 0.25) is 17.7 Å². The van der Waals surface area contributed by atoms with Gasteiger partial charge in [0.15, 0.2) is 5.76 Å². The average molecular weight is 461 g/mol. The lowest BCUT2D eigenvalue weighted by Gasteiger charge is -2.34. The van der Waals surface area contributed by atoms with E-state index in [2.05, 4.69) is 10.3 Å². The number of nitrogens with one attached hydrogen (secondary N) is 1. The van der Waals surface area contributed by atoms with E-state index in [1.165, 1.54) is 6.92 Å². The van der Waals surface area contributed by atoms with Crippen molar-refractivity contribution in [3.63, 3.8) is 0 Å². The van der Waals surface area contributed by atoms with Gasteiger partial charge in [0.25, 0.3) is 5.91 Å². The highest BCUT2D eigenvalue weighted by molar-refractivity contribution is 6.00. The zero-order chi connectivity index (χ0) is 24.1. The van der Waals surface area contributed by atoms with Crippen LogP contribution in [0, 0.1) is 6.92 Å². The molecule has 1 aliphatic heterocycles. The lowest BCUT2D eigenvalue weighted by Crippen LogP contribution is -2.50. The average Bonchev–Trinajstić information content (AvgIpc) is 3.34. The molecule has 2 aromatic carbocycles. The Kier molecular flexibility index (Phi) is 7.06. The zero-order valence-electron chi connectivity index (χ0n) is 19.4. The number of hydrogen-bond donors (Lipinski definition) is 1. The molecular weight excluding hydrogens is 432 g/mol. The number of aryl methyl sites for hydroxylation is 1. The lowest BCUT2D eigenvalue weighted by atomic mass is 10.1. The number of piperazine rings is 1. The highest BCUT2D eigenvalue weighted by Gasteiger charge is 2.22. The van der Waals surface area contributed by atoms with Gasteiger partial charge in [-0.2, -0.15) is 0 Å². The van der Waals surface area contributed by atoms with Crippen LogP contribution in [0.25, 0.3) is 22.8 Å². The van der Waals surface area contributed by atoms with Gasteiger partial charge in [0, 0.05) is 57.2 Å². The predicted octanol–water partition coefficient (Wildman–Crippen LogP) is 3.13. The molecule has 8 nitrogen and oxygen atoms in total. The topological polar surface area (TPSA) is 95.8 Å². The maximum Gasteiger partial charge on any atom is 0.252 e. The Morgan fingerprint density at radius 3 is 2.35 bits per heavy atom. The summed E-state index contributed by atoms with van der Waals surface area (Å²) >= 11 is 0. The Labute approximate surface area is 198 Å². The van der Waals surface area contributed by atoms with Crippen LogP contribution in [0.15, 0.2) is 59.1 Å². The molecule has 34 heavy (non-hydrogen) atoms. The fourth-order valence-corrected chi connectivity index (χ4v) is 3.92. The van der Waals surface area contributed by atoms with Crippen molar-refractivity contribution in [1.82, 2.24) is 20.1 Å². The van der Waals surface area contributed by atoms with E-state index in [0.717, 1.165) is 11.1 Å². The second kappa shape index (κ2) is 10.3. The summed E-state index contributed by atoms with van der Waals surface area (Å²) in [4.78, 5) is 44.6. The number of carbonyl (C=O) groups excluding carboxylic acids is 3. The number of amides is 3. The van der Waals surface area contributed by atoms with Gasteiger partial charge in [-0.3, -0.25) is 14.4 Å². The van der Waals surface area contributed by atoms with Gasteiger partial charge in [0.05, 0.1) is 11.8 Å². The van der Waals surface area contributed by atoms with Crippen molar-refractivity contribution in [2.45, 2.75) is 20.3 Å². The van der Waals surface area contributed by atoms with Gasteiger partial charge in [-0.05, 0) is 19.1 Å². The summed E-state index contributed by atoms with van der Waals surface area (Å²) in [6.07, 6.45) is 1.85. The smallest absolute Gasteiger partial charge is 0.252 e. The molecular formula is C26H28N4O4. The molecule has 3 aromatic rings. The Morgan fingerprint density at radius 2 is 1.65 bits per heavy atom. The fraction of sp³-hybridized carbons (Fsp3) is 0.308. The summed E-state index contributed by atoms with van der Waals surface area (Å²) in [6.45, 7) is 5.90. The molecule has 2 heterocycles. The van der Waals surface area contributed by atoms with Crippen molar-refractivity contribution in [2.75, 3.05) is 32.7 Å². The number of oxazole rings is 1. The van der Waals surface area contributed by atoms with E-state index in [1.807, 2.05) is 37.3 Å². The van der Waals surface area contributed by atoms with Crippen LogP contribution in [0.3, 0.4) is 0 Å². The van der Waals surface area contributed by atoms with Crippen LogP contribution in [-0.2, 0) is 9.59 Å². The minimum absolute atomic E-state index is 0.0232. The molecule has 0 spiro atoms. The first kappa shape index (κ1) is 23.2. The Balaban J connectivity index is 1.36. The van der Waals surface area contributed by atoms with E-state index in [-0.39, 0.29) is 30.7 Å². The molecule has 0 radical (unpaired) electrons. The molecule has 0 aliphatic carbocycles. The quantitative estimate of drug-likeness (QED) is 0.610. The van der Waals surface area contributed by atoms with E-state index < -0.39 is 0 Å². The van der Waals surface area contributed by atoms with E-state index in [0.29, 0.717) is 49.0 Å². The largest absolute Gasteiger partial charge is 0.436 e. The molecule has 0 atom stereocenters. The van der Waals surface area contributed by atoms with Crippen molar-refractivity contribution in [3.05, 3.63) is 65.9 Å². The van der Waals surface area contributed by atoms with Gasteiger partial charge in [0.1, 0.15) is 0 Å². The molecule has 1 saturated heterocycles. The molecule has 0 unspecified atom stereocenters. The lowest BCUT2D eigenvalue weighted by molar-refractivity contribution is -0.138. The van der Waals surface area contributed by atoms with Crippen molar-refractivity contribution in [1.29, 1.82) is 0 Å². The van der Waals surface area contributed by atoms with E-state index in [4.69, 9.17) is 4.42 Å². The normalized spacial score (nSPS) is 13.6. The second-order valence-electron chi connectivity index (χ2n) is 8.33. The third kappa shape index (κ3) is 5.33. The SMILES string of the molecule is CC(=O)N1CCN(C(=O)CCNC(=O)c2ccccc2-c2ncc(-c3ccc(C)cc3)o2)CC1. The van der Waals surface area contributed by atoms with Crippen LogP contribution >= 0.6 is 0 Å². The first-order valence-corrected chi connectivity index (χ1v) is 11.4. The first-order valence-electron chi connectivity index (χ1n) is 11.4. The van der Waals surface area contributed by atoms with Gasteiger partial charge >= 0.3 is 0 Å². The van der Waals surface area contributed by atoms with Crippen molar-refractivity contribution in [3.8, 4) is 22.8 Å². The third-order valence-corrected chi connectivity index (χ3v) is 5.95. The van der Waals surface area contributed by atoms with Crippen molar-refractivity contribution < 1.29 is 18.8 Å². The van der Waals surface area contributed by atoms with Crippen LogP contribution in [0.4, 0.5) is 0 Å². The van der Waals surface area contributed by atoms with Crippen LogP contribution in [0.1, 0.15) is 29.3 Å². The van der Waals surface area contributed by atoms with E-state index in [1.54, 1.807) is 34.2 Å². The molecule has 8 heteroatoms. The maximum atomic E-state index is 12.9. The number of rotatable bonds is 6. The Morgan fingerprint density at radius 1 is 0.971 bits per heavy atom. The molecule has 1 N–H and O–H groups in total. The molecule has 1 aromatic heterocycles. The summed E-state index contributed by atoms with van der Waals surface area (Å²) in [7, 11) is 0. The van der Waals surface area contributed by atoms with Gasteiger partial charge in [-0.15, -0.1) is 0 Å². The summed E-state index contributed by atoms with van der Waals surface area (Å²) in [5, 5.41) is 2.83. The van der Waals surface area contributed by atoms with Gasteiger partial charge < -0.3 is 19.5 Å². The maximum absolute atomic E-state index is 12.9. The summed E-state index contributed by atoms with van der Waals surface area (Å²) in [5.74, 6) is 0.684. The minimum atomic E-state index is -0.292. The number of nitrogens with zero attached hydrogens (tertiary/aromatic N) is 3. The highest BCUT2D eigenvalue weighted by Crippen LogP contribution is 2.28. The van der Waals surface area contributed by atoms with Crippen LogP contribution in [0.2, 0.25) is 0 Å². The number of aromatic nitrogens is 1. The molecule has 4 rings (SSSR count). The minimum Gasteiger partial charge on any atom is -0.436 e.